The summed E-state index contributed by atoms with van der Waals surface area (Å²) in [6.07, 6.45) is -7.14. The number of Topliss-reactive ketones (excluding diaryl/α,β-unsaturated/α-hetero) is 1. The molecule has 0 saturated carbocycles. The van der Waals surface area contributed by atoms with E-state index in [0.717, 1.165) is 34.6 Å². The van der Waals surface area contributed by atoms with E-state index in [0.29, 0.717) is 0 Å². The van der Waals surface area contributed by atoms with Gasteiger partial charge in [-0.1, -0.05) is 6.07 Å². The zero-order chi connectivity index (χ0) is 27.9. The fourth-order valence-electron chi connectivity index (χ4n) is 3.60. The summed E-state index contributed by atoms with van der Waals surface area (Å²) < 4.78 is 37.9. The number of carbonyl (C=O) groups excluding carboxylic acids is 6. The van der Waals surface area contributed by atoms with Gasteiger partial charge in [-0.25, -0.2) is 0 Å². The monoisotopic (exact) mass is 524 g/mol. The molecule has 13 heteroatoms. The van der Waals surface area contributed by atoms with Crippen LogP contribution in [0.15, 0.2) is 18.2 Å². The largest absolute Gasteiger partial charge is 0.463 e. The molecule has 1 aliphatic rings. The predicted octanol–water partition coefficient (Wildman–Crippen LogP) is 1.28. The molecule has 0 aromatic heterocycles. The van der Waals surface area contributed by atoms with E-state index >= 15 is 0 Å². The lowest BCUT2D eigenvalue weighted by Gasteiger charge is -2.44. The lowest BCUT2D eigenvalue weighted by molar-refractivity contribution is -0.288. The normalized spacial score (nSPS) is 22.7. The van der Waals surface area contributed by atoms with Crippen molar-refractivity contribution in [1.82, 2.24) is 0 Å². The number of ketones is 1. The zero-order valence-electron chi connectivity index (χ0n) is 21.1. The molecule has 0 unspecified atom stereocenters. The van der Waals surface area contributed by atoms with Crippen molar-refractivity contribution in [1.29, 1.82) is 0 Å². The molecule has 202 valence electrons. The van der Waals surface area contributed by atoms with Crippen molar-refractivity contribution in [3.05, 3.63) is 23.8 Å². The van der Waals surface area contributed by atoms with E-state index < -0.39 is 72.9 Å². The Morgan fingerprint density at radius 1 is 0.703 bits per heavy atom. The molecule has 5 atom stereocenters. The summed E-state index contributed by atoms with van der Waals surface area (Å²) in [5.74, 6) is -4.53. The summed E-state index contributed by atoms with van der Waals surface area (Å²) in [7, 11) is 0. The minimum Gasteiger partial charge on any atom is -0.463 e. The van der Waals surface area contributed by atoms with E-state index in [4.69, 9.17) is 33.2 Å². The third kappa shape index (κ3) is 8.27. The topological polar surface area (TPSA) is 167 Å². The summed E-state index contributed by atoms with van der Waals surface area (Å²) in [6.45, 7) is 6.30. The average Bonchev–Trinajstić information content (AvgIpc) is 2.75. The summed E-state index contributed by atoms with van der Waals surface area (Å²) in [5.41, 5.74) is -0.120. The first kappa shape index (κ1) is 29.2. The molecule has 0 aliphatic carbocycles. The molecule has 0 N–H and O–H groups in total. The first-order valence-electron chi connectivity index (χ1n) is 11.1. The lowest BCUT2D eigenvalue weighted by Crippen LogP contribution is -2.63. The van der Waals surface area contributed by atoms with Crippen LogP contribution in [0.3, 0.4) is 0 Å². The van der Waals surface area contributed by atoms with Gasteiger partial charge in [-0.3, -0.25) is 28.8 Å². The van der Waals surface area contributed by atoms with Crippen LogP contribution >= 0.6 is 0 Å². The summed E-state index contributed by atoms with van der Waals surface area (Å²) in [6, 6.07) is 4.18. The van der Waals surface area contributed by atoms with E-state index in [2.05, 4.69) is 0 Å². The maximum Gasteiger partial charge on any atom is 0.308 e. The zero-order valence-corrected chi connectivity index (χ0v) is 21.1. The van der Waals surface area contributed by atoms with E-state index in [9.17, 15) is 28.8 Å². The number of carbonyl (C=O) groups is 6. The Labute approximate surface area is 212 Å². The molecule has 37 heavy (non-hydrogen) atoms. The maximum absolute atomic E-state index is 12.4. The second-order valence-electron chi connectivity index (χ2n) is 7.96. The van der Waals surface area contributed by atoms with Gasteiger partial charge >= 0.3 is 29.8 Å². The van der Waals surface area contributed by atoms with Gasteiger partial charge in [-0.2, -0.15) is 0 Å². The van der Waals surface area contributed by atoms with Gasteiger partial charge < -0.3 is 33.2 Å². The third-order valence-corrected chi connectivity index (χ3v) is 4.79. The van der Waals surface area contributed by atoms with Gasteiger partial charge in [0.05, 0.1) is 0 Å². The van der Waals surface area contributed by atoms with Crippen LogP contribution in [0.25, 0.3) is 0 Å². The van der Waals surface area contributed by atoms with Crippen LogP contribution < -0.4 is 9.47 Å². The summed E-state index contributed by atoms with van der Waals surface area (Å²) in [5, 5.41) is 0. The molecule has 1 heterocycles. The van der Waals surface area contributed by atoms with Gasteiger partial charge in [0.2, 0.25) is 12.4 Å². The Balaban J connectivity index is 2.60. The Hall–Kier alpha value is -4.00. The van der Waals surface area contributed by atoms with Crippen LogP contribution in [0, 0.1) is 0 Å². The molecular formula is C24H28O13. The number of esters is 5. The Morgan fingerprint density at radius 3 is 1.76 bits per heavy atom. The second kappa shape index (κ2) is 12.8. The van der Waals surface area contributed by atoms with Gasteiger partial charge in [0.15, 0.2) is 18.0 Å². The third-order valence-electron chi connectivity index (χ3n) is 4.79. The second-order valence-corrected chi connectivity index (χ2v) is 7.96. The lowest BCUT2D eigenvalue weighted by atomic mass is 9.98. The maximum atomic E-state index is 12.4. The molecule has 13 nitrogen and oxygen atoms in total. The standard InChI is InChI=1S/C24H28O13/c1-11(25)20-17(32-13(3)27)8-7-9-18(20)36-24-23(35-16(6)30)22(34-15(5)29)21(33-14(4)28)19(37-24)10-31-12(2)26/h7-9,19,21-24H,10H2,1-6H3/t19-,21-,22+,23-,24+/m0/s1. The van der Waals surface area contributed by atoms with Crippen molar-refractivity contribution in [2.24, 2.45) is 0 Å². The van der Waals surface area contributed by atoms with Crippen molar-refractivity contribution in [2.45, 2.75) is 72.2 Å². The van der Waals surface area contributed by atoms with Crippen LogP contribution in [0.2, 0.25) is 0 Å². The van der Waals surface area contributed by atoms with E-state index in [1.807, 2.05) is 0 Å². The number of hydrogen-bond donors (Lipinski definition) is 0. The predicted molar refractivity (Wildman–Crippen MR) is 120 cm³/mol. The van der Waals surface area contributed by atoms with Gasteiger partial charge in [-0.15, -0.1) is 0 Å². The molecule has 0 bridgehead atoms. The molecule has 1 saturated heterocycles. The Kier molecular flexibility index (Phi) is 10.1. The number of benzene rings is 1. The molecule has 0 spiro atoms. The Morgan fingerprint density at radius 2 is 1.24 bits per heavy atom. The van der Waals surface area contributed by atoms with Crippen LogP contribution in [-0.4, -0.2) is 72.9 Å². The fraction of sp³-hybridized carbons (Fsp3) is 0.500. The molecule has 2 rings (SSSR count). The molecular weight excluding hydrogens is 496 g/mol. The highest BCUT2D eigenvalue weighted by molar-refractivity contribution is 6.00. The van der Waals surface area contributed by atoms with Gasteiger partial charge in [-0.05, 0) is 19.1 Å². The average molecular weight is 524 g/mol. The first-order chi connectivity index (χ1) is 17.3. The van der Waals surface area contributed by atoms with E-state index in [1.165, 1.54) is 25.1 Å². The van der Waals surface area contributed by atoms with Crippen LogP contribution in [0.4, 0.5) is 0 Å². The molecule has 1 fully saturated rings. The fourth-order valence-corrected chi connectivity index (χ4v) is 3.60. The number of hydrogen-bond acceptors (Lipinski definition) is 13. The highest BCUT2D eigenvalue weighted by Gasteiger charge is 2.53. The van der Waals surface area contributed by atoms with Gasteiger partial charge in [0.1, 0.15) is 29.8 Å². The molecule has 0 amide bonds. The van der Waals surface area contributed by atoms with E-state index in [-0.39, 0.29) is 17.1 Å². The summed E-state index contributed by atoms with van der Waals surface area (Å²) in [4.78, 5) is 71.1. The van der Waals surface area contributed by atoms with Crippen LogP contribution in [0.1, 0.15) is 51.9 Å². The molecule has 1 aliphatic heterocycles. The van der Waals surface area contributed by atoms with Gasteiger partial charge in [0, 0.05) is 34.6 Å². The smallest absolute Gasteiger partial charge is 0.308 e. The molecule has 1 aromatic carbocycles. The van der Waals surface area contributed by atoms with E-state index in [1.54, 1.807) is 0 Å². The highest BCUT2D eigenvalue weighted by atomic mass is 16.7. The highest BCUT2D eigenvalue weighted by Crippen LogP contribution is 2.35. The summed E-state index contributed by atoms with van der Waals surface area (Å²) >= 11 is 0. The quantitative estimate of drug-likeness (QED) is 0.196. The van der Waals surface area contributed by atoms with Crippen molar-refractivity contribution >= 4 is 35.6 Å². The minimum absolute atomic E-state index is 0.0943. The SMILES string of the molecule is CC(=O)OC[C@@H]1O[C@@H](Oc2cccc(OC(C)=O)c2C(C)=O)[C@@H](OC(C)=O)[C@H](OC(C)=O)[C@H]1OC(C)=O. The van der Waals surface area contributed by atoms with Crippen LogP contribution in [0.5, 0.6) is 11.5 Å². The van der Waals surface area contributed by atoms with Crippen molar-refractivity contribution < 1.29 is 61.9 Å². The number of ether oxygens (including phenoxy) is 7. The van der Waals surface area contributed by atoms with Crippen molar-refractivity contribution in [2.75, 3.05) is 6.61 Å². The molecule has 0 radical (unpaired) electrons. The van der Waals surface area contributed by atoms with Crippen molar-refractivity contribution in [3.63, 3.8) is 0 Å². The van der Waals surface area contributed by atoms with Gasteiger partial charge in [0.25, 0.3) is 0 Å². The van der Waals surface area contributed by atoms with Crippen LogP contribution in [-0.2, 0) is 47.7 Å². The minimum atomic E-state index is -1.56. The molecule has 1 aromatic rings. The first-order valence-corrected chi connectivity index (χ1v) is 11.1. The number of rotatable bonds is 9. The Bertz CT molecular complexity index is 1060. The van der Waals surface area contributed by atoms with Crippen molar-refractivity contribution in [3.8, 4) is 11.5 Å².